The summed E-state index contributed by atoms with van der Waals surface area (Å²) in [6.45, 7) is 2.48. The fraction of sp³-hybridized carbons (Fsp3) is 0.211. The van der Waals surface area contributed by atoms with Gasteiger partial charge in [0, 0.05) is 6.08 Å². The van der Waals surface area contributed by atoms with Crippen LogP contribution in [-0.2, 0) is 16.1 Å². The van der Waals surface area contributed by atoms with Gasteiger partial charge in [-0.15, -0.1) is 0 Å². The Bertz CT molecular complexity index is 753. The normalized spacial score (nSPS) is 10.7. The van der Waals surface area contributed by atoms with Crippen LogP contribution < -0.4 is 9.47 Å². The zero-order valence-corrected chi connectivity index (χ0v) is 15.4. The predicted octanol–water partition coefficient (Wildman–Crippen LogP) is 4.53. The van der Waals surface area contributed by atoms with E-state index in [0.717, 1.165) is 15.6 Å². The first kappa shape index (κ1) is 18.1. The Morgan fingerprint density at radius 1 is 1.21 bits per heavy atom. The smallest absolute Gasteiger partial charge is 0.330 e. The molecule has 0 fully saturated rings. The van der Waals surface area contributed by atoms with Crippen molar-refractivity contribution in [2.24, 2.45) is 0 Å². The predicted molar refractivity (Wildman–Crippen MR) is 97.3 cm³/mol. The first-order valence-corrected chi connectivity index (χ1v) is 8.14. The van der Waals surface area contributed by atoms with Crippen LogP contribution in [0.5, 0.6) is 11.5 Å². The molecule has 0 atom stereocenters. The van der Waals surface area contributed by atoms with E-state index in [9.17, 15) is 4.79 Å². The third kappa shape index (κ3) is 4.86. The van der Waals surface area contributed by atoms with E-state index < -0.39 is 5.97 Å². The summed E-state index contributed by atoms with van der Waals surface area (Å²) in [5, 5.41) is 0. The van der Waals surface area contributed by atoms with Gasteiger partial charge < -0.3 is 14.2 Å². The Morgan fingerprint density at radius 3 is 2.67 bits per heavy atom. The molecule has 2 aromatic rings. The van der Waals surface area contributed by atoms with Crippen LogP contribution in [0.25, 0.3) is 6.08 Å². The van der Waals surface area contributed by atoms with E-state index in [0.29, 0.717) is 18.1 Å². The van der Waals surface area contributed by atoms with Gasteiger partial charge in [0.1, 0.15) is 6.61 Å². The van der Waals surface area contributed by atoms with Gasteiger partial charge in [-0.1, -0.05) is 29.8 Å². The maximum Gasteiger partial charge on any atom is 0.330 e. The molecular formula is C19H19BrO4. The van der Waals surface area contributed by atoms with Crippen LogP contribution in [0.4, 0.5) is 0 Å². The van der Waals surface area contributed by atoms with Gasteiger partial charge in [-0.3, -0.25) is 0 Å². The minimum atomic E-state index is -0.412. The van der Waals surface area contributed by atoms with Crippen LogP contribution >= 0.6 is 15.9 Å². The molecule has 0 saturated heterocycles. The summed E-state index contributed by atoms with van der Waals surface area (Å²) < 4.78 is 16.7. The zero-order chi connectivity index (χ0) is 17.5. The number of hydrogen-bond donors (Lipinski definition) is 0. The maximum absolute atomic E-state index is 11.2. The summed E-state index contributed by atoms with van der Waals surface area (Å²) in [6, 6.07) is 11.8. The molecule has 0 saturated carbocycles. The standard InChI is InChI=1S/C19H19BrO4/c1-13-5-4-6-15(9-13)12-24-19-16(20)10-14(11-17(19)22-2)7-8-18(21)23-3/h4-11H,12H2,1-3H3/b8-7+. The molecule has 0 unspecified atom stereocenters. The van der Waals surface area contributed by atoms with Crippen LogP contribution in [0.15, 0.2) is 46.9 Å². The molecule has 0 N–H and O–H groups in total. The summed E-state index contributed by atoms with van der Waals surface area (Å²) in [7, 11) is 2.92. The second kappa shape index (κ2) is 8.55. The Labute approximate surface area is 150 Å². The SMILES string of the molecule is COC(=O)/C=C/c1cc(Br)c(OCc2cccc(C)c2)c(OC)c1. The lowest BCUT2D eigenvalue weighted by Gasteiger charge is -2.14. The number of ether oxygens (including phenoxy) is 3. The van der Waals surface area contributed by atoms with E-state index in [-0.39, 0.29) is 0 Å². The molecule has 0 aliphatic rings. The van der Waals surface area contributed by atoms with E-state index in [4.69, 9.17) is 9.47 Å². The molecule has 5 heteroatoms. The summed E-state index contributed by atoms with van der Waals surface area (Å²) in [5.74, 6) is 0.792. The zero-order valence-electron chi connectivity index (χ0n) is 13.8. The third-order valence-corrected chi connectivity index (χ3v) is 3.92. The van der Waals surface area contributed by atoms with Crippen LogP contribution in [0.2, 0.25) is 0 Å². The second-order valence-corrected chi connectivity index (χ2v) is 6.02. The molecule has 0 bridgehead atoms. The number of rotatable bonds is 6. The van der Waals surface area contributed by atoms with Gasteiger partial charge >= 0.3 is 5.97 Å². The van der Waals surface area contributed by atoms with Crippen LogP contribution in [0.3, 0.4) is 0 Å². The molecule has 0 radical (unpaired) electrons. The van der Waals surface area contributed by atoms with Crippen LogP contribution in [-0.4, -0.2) is 20.2 Å². The molecule has 0 amide bonds. The van der Waals surface area contributed by atoms with Crippen molar-refractivity contribution >= 4 is 28.0 Å². The number of methoxy groups -OCH3 is 2. The first-order valence-electron chi connectivity index (χ1n) is 7.35. The molecule has 2 rings (SSSR count). The quantitative estimate of drug-likeness (QED) is 0.536. The lowest BCUT2D eigenvalue weighted by molar-refractivity contribution is -0.134. The lowest BCUT2D eigenvalue weighted by Crippen LogP contribution is -1.99. The van der Waals surface area contributed by atoms with Gasteiger partial charge in [0.2, 0.25) is 0 Å². The van der Waals surface area contributed by atoms with E-state index in [1.54, 1.807) is 19.3 Å². The molecule has 126 valence electrons. The third-order valence-electron chi connectivity index (χ3n) is 3.33. The molecule has 24 heavy (non-hydrogen) atoms. The van der Waals surface area contributed by atoms with Gasteiger partial charge in [0.15, 0.2) is 11.5 Å². The van der Waals surface area contributed by atoms with Crippen molar-refractivity contribution in [1.82, 2.24) is 0 Å². The average Bonchev–Trinajstić information content (AvgIpc) is 2.58. The van der Waals surface area contributed by atoms with E-state index >= 15 is 0 Å². The maximum atomic E-state index is 11.2. The molecule has 4 nitrogen and oxygen atoms in total. The molecule has 0 aromatic heterocycles. The minimum Gasteiger partial charge on any atom is -0.493 e. The Morgan fingerprint density at radius 2 is 2.00 bits per heavy atom. The fourth-order valence-electron chi connectivity index (χ4n) is 2.17. The van der Waals surface area contributed by atoms with Gasteiger partial charge in [0.25, 0.3) is 0 Å². The number of carbonyl (C=O) groups excluding carboxylic acids is 1. The number of carbonyl (C=O) groups is 1. The van der Waals surface area contributed by atoms with Crippen molar-refractivity contribution in [3.05, 3.63) is 63.6 Å². The number of aryl methyl sites for hydroxylation is 1. The fourth-order valence-corrected chi connectivity index (χ4v) is 2.74. The van der Waals surface area contributed by atoms with Crippen molar-refractivity contribution in [2.75, 3.05) is 14.2 Å². The second-order valence-electron chi connectivity index (χ2n) is 5.17. The average molecular weight is 391 g/mol. The lowest BCUT2D eigenvalue weighted by atomic mass is 10.1. The first-order chi connectivity index (χ1) is 11.5. The number of hydrogen-bond acceptors (Lipinski definition) is 4. The molecule has 0 aliphatic heterocycles. The minimum absolute atomic E-state index is 0.412. The Balaban J connectivity index is 2.20. The van der Waals surface area contributed by atoms with Crippen LogP contribution in [0.1, 0.15) is 16.7 Å². The van der Waals surface area contributed by atoms with Crippen molar-refractivity contribution in [1.29, 1.82) is 0 Å². The summed E-state index contributed by atoms with van der Waals surface area (Å²) in [5.41, 5.74) is 3.07. The van der Waals surface area contributed by atoms with E-state index in [2.05, 4.69) is 26.7 Å². The van der Waals surface area contributed by atoms with Gasteiger partial charge in [0.05, 0.1) is 18.7 Å². The highest BCUT2D eigenvalue weighted by atomic mass is 79.9. The molecular weight excluding hydrogens is 372 g/mol. The molecule has 0 heterocycles. The van der Waals surface area contributed by atoms with E-state index in [1.165, 1.54) is 18.7 Å². The topological polar surface area (TPSA) is 44.8 Å². The Hall–Kier alpha value is -2.27. The van der Waals surface area contributed by atoms with E-state index in [1.807, 2.05) is 31.2 Å². The highest BCUT2D eigenvalue weighted by Gasteiger charge is 2.11. The van der Waals surface area contributed by atoms with Gasteiger partial charge in [-0.05, 0) is 52.2 Å². The number of benzene rings is 2. The van der Waals surface area contributed by atoms with Crippen molar-refractivity contribution < 1.29 is 19.0 Å². The summed E-state index contributed by atoms with van der Waals surface area (Å²) >= 11 is 3.50. The number of halogens is 1. The highest BCUT2D eigenvalue weighted by Crippen LogP contribution is 2.37. The van der Waals surface area contributed by atoms with Crippen molar-refractivity contribution in [3.8, 4) is 11.5 Å². The Kier molecular flexibility index (Phi) is 6.44. The largest absolute Gasteiger partial charge is 0.493 e. The van der Waals surface area contributed by atoms with Crippen molar-refractivity contribution in [3.63, 3.8) is 0 Å². The number of esters is 1. The monoisotopic (exact) mass is 390 g/mol. The molecule has 0 aliphatic carbocycles. The van der Waals surface area contributed by atoms with Crippen LogP contribution in [0, 0.1) is 6.92 Å². The summed E-state index contributed by atoms with van der Waals surface area (Å²) in [4.78, 5) is 11.2. The molecule has 0 spiro atoms. The molecule has 2 aromatic carbocycles. The van der Waals surface area contributed by atoms with Gasteiger partial charge in [-0.2, -0.15) is 0 Å². The highest BCUT2D eigenvalue weighted by molar-refractivity contribution is 9.10. The van der Waals surface area contributed by atoms with Crippen molar-refractivity contribution in [2.45, 2.75) is 13.5 Å². The van der Waals surface area contributed by atoms with Gasteiger partial charge in [-0.25, -0.2) is 4.79 Å². The summed E-state index contributed by atoms with van der Waals surface area (Å²) in [6.07, 6.45) is 3.01.